The van der Waals surface area contributed by atoms with Crippen LogP contribution in [0.15, 0.2) is 36.8 Å². The lowest BCUT2D eigenvalue weighted by atomic mass is 9.84. The van der Waals surface area contributed by atoms with E-state index >= 15 is 0 Å². The highest BCUT2D eigenvalue weighted by molar-refractivity contribution is 5.89. The maximum absolute atomic E-state index is 12.2. The fourth-order valence-electron chi connectivity index (χ4n) is 3.26. The summed E-state index contributed by atoms with van der Waals surface area (Å²) < 4.78 is 1.82. The molecular weight excluding hydrogens is 373 g/mol. The zero-order chi connectivity index (χ0) is 16.8. The third-order valence-corrected chi connectivity index (χ3v) is 4.70. The van der Waals surface area contributed by atoms with Crippen LogP contribution in [0, 0.1) is 11.8 Å². The van der Waals surface area contributed by atoms with Gasteiger partial charge in [-0.25, -0.2) is 0 Å². The van der Waals surface area contributed by atoms with Crippen molar-refractivity contribution in [2.24, 2.45) is 11.8 Å². The third kappa shape index (κ3) is 6.59. The van der Waals surface area contributed by atoms with E-state index in [0.717, 1.165) is 31.5 Å². The van der Waals surface area contributed by atoms with Crippen molar-refractivity contribution in [3.8, 4) is 0 Å². The van der Waals surface area contributed by atoms with Gasteiger partial charge in [0.25, 0.3) is 0 Å². The summed E-state index contributed by atoms with van der Waals surface area (Å²) in [5.41, 5.74) is 1.13. The number of halogens is 2. The number of nitrogens with zero attached hydrogens (tertiary/aromatic N) is 3. The Kier molecular flexibility index (Phi) is 9.62. The van der Waals surface area contributed by atoms with Crippen LogP contribution in [0.5, 0.6) is 0 Å². The SMILES string of the molecule is CC(CC(=O)Nc1ccn(Cc2ccncc2)n1)C1CCNCC1.Cl.Cl. The minimum Gasteiger partial charge on any atom is -0.317 e. The molecule has 2 aromatic heterocycles. The van der Waals surface area contributed by atoms with E-state index in [2.05, 4.69) is 27.6 Å². The molecule has 1 aliphatic heterocycles. The molecule has 3 heterocycles. The van der Waals surface area contributed by atoms with Gasteiger partial charge in [-0.3, -0.25) is 14.5 Å². The summed E-state index contributed by atoms with van der Waals surface area (Å²) >= 11 is 0. The van der Waals surface area contributed by atoms with E-state index in [1.807, 2.05) is 29.1 Å². The van der Waals surface area contributed by atoms with E-state index in [1.54, 1.807) is 12.4 Å². The fourth-order valence-corrected chi connectivity index (χ4v) is 3.26. The Morgan fingerprint density at radius 1 is 1.27 bits per heavy atom. The van der Waals surface area contributed by atoms with Gasteiger partial charge in [0.15, 0.2) is 5.82 Å². The Hall–Kier alpha value is -1.63. The van der Waals surface area contributed by atoms with Crippen LogP contribution in [0.2, 0.25) is 0 Å². The van der Waals surface area contributed by atoms with Crippen LogP contribution in [0.3, 0.4) is 0 Å². The van der Waals surface area contributed by atoms with Crippen molar-refractivity contribution in [2.75, 3.05) is 18.4 Å². The number of hydrogen-bond donors (Lipinski definition) is 2. The van der Waals surface area contributed by atoms with Crippen molar-refractivity contribution in [3.63, 3.8) is 0 Å². The number of aromatic nitrogens is 3. The van der Waals surface area contributed by atoms with Crippen LogP contribution in [0.1, 0.15) is 31.7 Å². The van der Waals surface area contributed by atoms with Gasteiger partial charge in [-0.2, -0.15) is 5.10 Å². The Bertz CT molecular complexity index is 659. The van der Waals surface area contributed by atoms with E-state index in [4.69, 9.17) is 0 Å². The maximum atomic E-state index is 12.2. The summed E-state index contributed by atoms with van der Waals surface area (Å²) in [5, 5.41) is 10.7. The Morgan fingerprint density at radius 3 is 2.65 bits per heavy atom. The summed E-state index contributed by atoms with van der Waals surface area (Å²) in [4.78, 5) is 16.3. The molecular formula is C18H27Cl2N5O. The molecule has 1 atom stereocenters. The minimum absolute atomic E-state index is 0. The summed E-state index contributed by atoms with van der Waals surface area (Å²) in [6.07, 6.45) is 8.30. The number of rotatable bonds is 6. The summed E-state index contributed by atoms with van der Waals surface area (Å²) in [6, 6.07) is 5.76. The second kappa shape index (κ2) is 11.2. The molecule has 6 nitrogen and oxygen atoms in total. The number of amides is 1. The molecule has 0 aromatic carbocycles. The monoisotopic (exact) mass is 399 g/mol. The first kappa shape index (κ1) is 22.4. The average Bonchev–Trinajstić information content (AvgIpc) is 3.03. The molecule has 144 valence electrons. The van der Waals surface area contributed by atoms with Crippen LogP contribution in [-0.2, 0) is 11.3 Å². The van der Waals surface area contributed by atoms with E-state index in [0.29, 0.717) is 30.6 Å². The van der Waals surface area contributed by atoms with Gasteiger partial charge < -0.3 is 10.6 Å². The third-order valence-electron chi connectivity index (χ3n) is 4.70. The van der Waals surface area contributed by atoms with Crippen molar-refractivity contribution in [1.82, 2.24) is 20.1 Å². The van der Waals surface area contributed by atoms with Crippen molar-refractivity contribution in [3.05, 3.63) is 42.4 Å². The van der Waals surface area contributed by atoms with Crippen LogP contribution in [-0.4, -0.2) is 33.8 Å². The lowest BCUT2D eigenvalue weighted by molar-refractivity contribution is -0.117. The molecule has 1 fully saturated rings. The Balaban J connectivity index is 0.00000169. The topological polar surface area (TPSA) is 71.8 Å². The van der Waals surface area contributed by atoms with E-state index in [-0.39, 0.29) is 30.7 Å². The van der Waals surface area contributed by atoms with Crippen molar-refractivity contribution in [2.45, 2.75) is 32.7 Å². The normalized spacial score (nSPS) is 15.4. The average molecular weight is 400 g/mol. The molecule has 1 aliphatic rings. The lowest BCUT2D eigenvalue weighted by Crippen LogP contribution is -2.32. The van der Waals surface area contributed by atoms with Crippen LogP contribution >= 0.6 is 24.8 Å². The molecule has 1 saturated heterocycles. The first-order valence-electron chi connectivity index (χ1n) is 8.63. The van der Waals surface area contributed by atoms with Crippen molar-refractivity contribution >= 4 is 36.5 Å². The zero-order valence-electron chi connectivity index (χ0n) is 14.9. The quantitative estimate of drug-likeness (QED) is 0.782. The van der Waals surface area contributed by atoms with Crippen molar-refractivity contribution in [1.29, 1.82) is 0 Å². The number of carbonyl (C=O) groups is 1. The van der Waals surface area contributed by atoms with Crippen LogP contribution in [0.4, 0.5) is 5.82 Å². The number of pyridine rings is 1. The first-order valence-corrected chi connectivity index (χ1v) is 8.63. The van der Waals surface area contributed by atoms with Gasteiger partial charge in [0, 0.05) is 31.1 Å². The Labute approximate surface area is 167 Å². The first-order chi connectivity index (χ1) is 11.7. The molecule has 2 aromatic rings. The minimum atomic E-state index is 0. The molecule has 26 heavy (non-hydrogen) atoms. The van der Waals surface area contributed by atoms with Gasteiger partial charge >= 0.3 is 0 Å². The van der Waals surface area contributed by atoms with Gasteiger partial charge in [0.2, 0.25) is 5.91 Å². The van der Waals surface area contributed by atoms with E-state index in [1.165, 1.54) is 0 Å². The molecule has 0 saturated carbocycles. The maximum Gasteiger partial charge on any atom is 0.225 e. The summed E-state index contributed by atoms with van der Waals surface area (Å²) in [7, 11) is 0. The molecule has 2 N–H and O–H groups in total. The molecule has 0 radical (unpaired) electrons. The molecule has 0 aliphatic carbocycles. The van der Waals surface area contributed by atoms with Crippen LogP contribution < -0.4 is 10.6 Å². The fraction of sp³-hybridized carbons (Fsp3) is 0.500. The highest BCUT2D eigenvalue weighted by Gasteiger charge is 2.22. The Morgan fingerprint density at radius 2 is 1.96 bits per heavy atom. The second-order valence-electron chi connectivity index (χ2n) is 6.57. The smallest absolute Gasteiger partial charge is 0.225 e. The molecule has 0 spiro atoms. The molecule has 3 rings (SSSR count). The highest BCUT2D eigenvalue weighted by atomic mass is 35.5. The van der Waals surface area contributed by atoms with Gasteiger partial charge in [0.1, 0.15) is 0 Å². The number of piperidine rings is 1. The molecule has 0 bridgehead atoms. The van der Waals surface area contributed by atoms with E-state index < -0.39 is 0 Å². The predicted molar refractivity (Wildman–Crippen MR) is 108 cm³/mol. The van der Waals surface area contributed by atoms with Crippen LogP contribution in [0.25, 0.3) is 0 Å². The second-order valence-corrected chi connectivity index (χ2v) is 6.57. The van der Waals surface area contributed by atoms with Gasteiger partial charge in [-0.1, -0.05) is 6.92 Å². The standard InChI is InChI=1S/C18H25N5O.2ClH/c1-14(16-4-9-20-10-5-16)12-18(24)21-17-6-11-23(22-17)13-15-2-7-19-8-3-15;;/h2-3,6-8,11,14,16,20H,4-5,9-10,12-13H2,1H3,(H,21,22,24);2*1H. The zero-order valence-corrected chi connectivity index (χ0v) is 16.6. The lowest BCUT2D eigenvalue weighted by Gasteiger charge is -2.27. The highest BCUT2D eigenvalue weighted by Crippen LogP contribution is 2.24. The van der Waals surface area contributed by atoms with Gasteiger partial charge in [-0.05, 0) is 55.5 Å². The van der Waals surface area contributed by atoms with E-state index in [9.17, 15) is 4.79 Å². The van der Waals surface area contributed by atoms with Gasteiger partial charge in [-0.15, -0.1) is 24.8 Å². The van der Waals surface area contributed by atoms with Crippen molar-refractivity contribution < 1.29 is 4.79 Å². The molecule has 8 heteroatoms. The molecule has 1 unspecified atom stereocenters. The largest absolute Gasteiger partial charge is 0.317 e. The summed E-state index contributed by atoms with van der Waals surface area (Å²) in [5.74, 6) is 1.72. The number of anilines is 1. The number of carbonyl (C=O) groups excluding carboxylic acids is 1. The predicted octanol–water partition coefficient (Wildman–Crippen LogP) is 3.13. The number of nitrogens with one attached hydrogen (secondary N) is 2. The molecule has 1 amide bonds. The van der Waals surface area contributed by atoms with Gasteiger partial charge in [0.05, 0.1) is 6.54 Å². The number of hydrogen-bond acceptors (Lipinski definition) is 4. The summed E-state index contributed by atoms with van der Waals surface area (Å²) in [6.45, 7) is 4.98.